The molecule has 1 atom stereocenters. The Balaban J connectivity index is 1.30. The minimum absolute atomic E-state index is 0.147. The van der Waals surface area contributed by atoms with Crippen LogP contribution in [0.3, 0.4) is 0 Å². The van der Waals surface area contributed by atoms with Crippen LogP contribution in [-0.2, 0) is 14.8 Å². The second-order valence-corrected chi connectivity index (χ2v) is 11.6. The van der Waals surface area contributed by atoms with Crippen LogP contribution in [0.4, 0.5) is 5.69 Å². The molecule has 34 heavy (non-hydrogen) atoms. The van der Waals surface area contributed by atoms with Crippen LogP contribution in [-0.4, -0.2) is 36.7 Å². The standard InChI is InChI=1S/C25H22ClN3O3S2/c26-19-10-12-21(13-11-19)34(31,32)29-14-4-6-18(16-29)24(30)27-20-7-3-5-17(15-20)25-28-22-8-1-2-9-23(22)33-25/h1-3,5,7-13,15,18H,4,6,14,16H2,(H,27,30). The van der Waals surface area contributed by atoms with Gasteiger partial charge in [0.1, 0.15) is 5.01 Å². The number of carbonyl (C=O) groups is 1. The third kappa shape index (κ3) is 4.72. The number of para-hydroxylation sites is 1. The van der Waals surface area contributed by atoms with Crippen LogP contribution in [0.5, 0.6) is 0 Å². The Morgan fingerprint density at radius 2 is 1.85 bits per heavy atom. The fourth-order valence-electron chi connectivity index (χ4n) is 4.10. The molecule has 1 aliphatic heterocycles. The second-order valence-electron chi connectivity index (χ2n) is 8.21. The Bertz CT molecular complexity index is 1420. The molecule has 2 heterocycles. The third-order valence-electron chi connectivity index (χ3n) is 5.88. The van der Waals surface area contributed by atoms with Crippen molar-refractivity contribution in [1.29, 1.82) is 0 Å². The molecular formula is C25H22ClN3O3S2. The molecule has 1 fully saturated rings. The normalized spacial score (nSPS) is 17.0. The number of halogens is 1. The van der Waals surface area contributed by atoms with Crippen LogP contribution >= 0.6 is 22.9 Å². The van der Waals surface area contributed by atoms with E-state index in [1.54, 1.807) is 23.5 Å². The van der Waals surface area contributed by atoms with Crippen molar-refractivity contribution in [3.8, 4) is 10.6 Å². The van der Waals surface area contributed by atoms with Crippen LogP contribution in [0, 0.1) is 5.92 Å². The Kier molecular flexibility index (Phi) is 6.40. The van der Waals surface area contributed by atoms with Crippen molar-refractivity contribution in [3.05, 3.63) is 77.8 Å². The number of nitrogens with zero attached hydrogens (tertiary/aromatic N) is 2. The van der Waals surface area contributed by atoms with Crippen molar-refractivity contribution < 1.29 is 13.2 Å². The Morgan fingerprint density at radius 3 is 2.65 bits per heavy atom. The van der Waals surface area contributed by atoms with E-state index in [0.29, 0.717) is 30.1 Å². The summed E-state index contributed by atoms with van der Waals surface area (Å²) in [5.41, 5.74) is 2.54. The summed E-state index contributed by atoms with van der Waals surface area (Å²) < 4.78 is 28.6. The summed E-state index contributed by atoms with van der Waals surface area (Å²) in [7, 11) is -3.69. The maximum Gasteiger partial charge on any atom is 0.243 e. The van der Waals surface area contributed by atoms with E-state index < -0.39 is 15.9 Å². The zero-order valence-electron chi connectivity index (χ0n) is 18.1. The SMILES string of the molecule is O=C(Nc1cccc(-c2nc3ccccc3s2)c1)C1CCCN(S(=O)(=O)c2ccc(Cl)cc2)C1. The molecule has 1 aromatic heterocycles. The lowest BCUT2D eigenvalue weighted by molar-refractivity contribution is -0.120. The Labute approximate surface area is 207 Å². The number of hydrogen-bond acceptors (Lipinski definition) is 5. The molecule has 1 amide bonds. The lowest BCUT2D eigenvalue weighted by Gasteiger charge is -2.31. The quantitative estimate of drug-likeness (QED) is 0.375. The Morgan fingerprint density at radius 1 is 1.06 bits per heavy atom. The van der Waals surface area contributed by atoms with Crippen LogP contribution in [0.1, 0.15) is 12.8 Å². The Hall–Kier alpha value is -2.78. The van der Waals surface area contributed by atoms with Gasteiger partial charge in [0, 0.05) is 29.4 Å². The molecule has 0 spiro atoms. The number of amides is 1. The molecule has 4 aromatic rings. The lowest BCUT2D eigenvalue weighted by Crippen LogP contribution is -2.43. The summed E-state index contributed by atoms with van der Waals surface area (Å²) in [4.78, 5) is 17.9. The first kappa shape index (κ1) is 23.0. The highest BCUT2D eigenvalue weighted by Gasteiger charge is 2.33. The minimum atomic E-state index is -3.69. The number of piperidine rings is 1. The van der Waals surface area contributed by atoms with Gasteiger partial charge in [0.25, 0.3) is 0 Å². The van der Waals surface area contributed by atoms with Gasteiger partial charge in [-0.3, -0.25) is 4.79 Å². The number of aromatic nitrogens is 1. The molecule has 0 aliphatic carbocycles. The van der Waals surface area contributed by atoms with E-state index in [1.807, 2.05) is 48.5 Å². The van der Waals surface area contributed by atoms with Crippen molar-refractivity contribution in [2.45, 2.75) is 17.7 Å². The van der Waals surface area contributed by atoms with Gasteiger partial charge in [-0.15, -0.1) is 11.3 Å². The zero-order chi connectivity index (χ0) is 23.7. The van der Waals surface area contributed by atoms with Crippen LogP contribution in [0.15, 0.2) is 77.7 Å². The zero-order valence-corrected chi connectivity index (χ0v) is 20.5. The van der Waals surface area contributed by atoms with Crippen molar-refractivity contribution in [1.82, 2.24) is 9.29 Å². The smallest absolute Gasteiger partial charge is 0.243 e. The van der Waals surface area contributed by atoms with E-state index in [0.717, 1.165) is 20.8 Å². The number of nitrogens with one attached hydrogen (secondary N) is 1. The monoisotopic (exact) mass is 511 g/mol. The summed E-state index contributed by atoms with van der Waals surface area (Å²) in [6, 6.07) is 21.7. The number of anilines is 1. The number of carbonyl (C=O) groups excluding carboxylic acids is 1. The molecule has 0 radical (unpaired) electrons. The van der Waals surface area contributed by atoms with Crippen molar-refractivity contribution in [2.75, 3.05) is 18.4 Å². The predicted molar refractivity (Wildman–Crippen MR) is 137 cm³/mol. The molecule has 1 saturated heterocycles. The second kappa shape index (κ2) is 9.46. The predicted octanol–water partition coefficient (Wildman–Crippen LogP) is 5.66. The molecule has 6 nitrogen and oxygen atoms in total. The van der Waals surface area contributed by atoms with Gasteiger partial charge in [0.05, 0.1) is 21.0 Å². The van der Waals surface area contributed by atoms with E-state index in [2.05, 4.69) is 10.3 Å². The maximum absolute atomic E-state index is 13.0. The number of hydrogen-bond donors (Lipinski definition) is 1. The molecule has 5 rings (SSSR count). The lowest BCUT2D eigenvalue weighted by atomic mass is 9.98. The van der Waals surface area contributed by atoms with Gasteiger partial charge in [-0.25, -0.2) is 13.4 Å². The van der Waals surface area contributed by atoms with E-state index in [4.69, 9.17) is 11.6 Å². The molecular weight excluding hydrogens is 490 g/mol. The first-order valence-corrected chi connectivity index (χ1v) is 13.6. The van der Waals surface area contributed by atoms with Gasteiger partial charge < -0.3 is 5.32 Å². The van der Waals surface area contributed by atoms with Crippen molar-refractivity contribution >= 4 is 54.8 Å². The molecule has 0 saturated carbocycles. The van der Waals surface area contributed by atoms with Gasteiger partial charge in [-0.2, -0.15) is 4.31 Å². The highest BCUT2D eigenvalue weighted by Crippen LogP contribution is 2.32. The van der Waals surface area contributed by atoms with Gasteiger partial charge in [0.2, 0.25) is 15.9 Å². The number of rotatable bonds is 5. The fraction of sp³-hybridized carbons (Fsp3) is 0.200. The molecule has 1 unspecified atom stereocenters. The summed E-state index contributed by atoms with van der Waals surface area (Å²) in [5, 5.41) is 4.33. The largest absolute Gasteiger partial charge is 0.326 e. The maximum atomic E-state index is 13.0. The van der Waals surface area contributed by atoms with Gasteiger partial charge >= 0.3 is 0 Å². The van der Waals surface area contributed by atoms with Crippen molar-refractivity contribution in [2.24, 2.45) is 5.92 Å². The summed E-state index contributed by atoms with van der Waals surface area (Å²) >= 11 is 7.50. The van der Waals surface area contributed by atoms with Gasteiger partial charge in [-0.1, -0.05) is 35.9 Å². The molecule has 1 aliphatic rings. The average molecular weight is 512 g/mol. The minimum Gasteiger partial charge on any atom is -0.326 e. The van der Waals surface area contributed by atoms with Gasteiger partial charge in [-0.05, 0) is 61.4 Å². The summed E-state index contributed by atoms with van der Waals surface area (Å²) in [6.07, 6.45) is 1.26. The van der Waals surface area contributed by atoms with E-state index >= 15 is 0 Å². The number of benzene rings is 3. The van der Waals surface area contributed by atoms with E-state index in [9.17, 15) is 13.2 Å². The fourth-order valence-corrected chi connectivity index (χ4v) is 6.71. The van der Waals surface area contributed by atoms with Crippen LogP contribution < -0.4 is 5.32 Å². The van der Waals surface area contributed by atoms with E-state index in [1.165, 1.54) is 16.4 Å². The highest BCUT2D eigenvalue weighted by molar-refractivity contribution is 7.89. The van der Waals surface area contributed by atoms with Crippen molar-refractivity contribution in [3.63, 3.8) is 0 Å². The molecule has 3 aromatic carbocycles. The van der Waals surface area contributed by atoms with Crippen LogP contribution in [0.2, 0.25) is 5.02 Å². The molecule has 1 N–H and O–H groups in total. The third-order valence-corrected chi connectivity index (χ3v) is 9.09. The average Bonchev–Trinajstić information content (AvgIpc) is 3.29. The first-order valence-electron chi connectivity index (χ1n) is 10.9. The van der Waals surface area contributed by atoms with E-state index in [-0.39, 0.29) is 17.3 Å². The molecule has 174 valence electrons. The number of thiazole rings is 1. The summed E-state index contributed by atoms with van der Waals surface area (Å²) in [5.74, 6) is -0.612. The topological polar surface area (TPSA) is 79.4 Å². The number of fused-ring (bicyclic) bond motifs is 1. The first-order chi connectivity index (χ1) is 16.4. The molecule has 0 bridgehead atoms. The van der Waals surface area contributed by atoms with Crippen LogP contribution in [0.25, 0.3) is 20.8 Å². The summed E-state index contributed by atoms with van der Waals surface area (Å²) in [6.45, 7) is 0.538. The number of sulfonamides is 1. The highest BCUT2D eigenvalue weighted by atomic mass is 35.5. The molecule has 9 heteroatoms. The van der Waals surface area contributed by atoms with Gasteiger partial charge in [0.15, 0.2) is 0 Å².